The quantitative estimate of drug-likeness (QED) is 0.215. The van der Waals surface area contributed by atoms with Crippen molar-refractivity contribution < 1.29 is 54.5 Å². The number of aromatic hydroxyl groups is 1. The minimum absolute atomic E-state index is 0.120. The Balaban J connectivity index is 2.87. The fourth-order valence-electron chi connectivity index (χ4n) is 1.90. The summed E-state index contributed by atoms with van der Waals surface area (Å²) in [5.74, 6) is -5.02. The van der Waals surface area contributed by atoms with E-state index in [0.29, 0.717) is 5.56 Å². The van der Waals surface area contributed by atoms with Gasteiger partial charge < -0.3 is 40.1 Å². The zero-order valence-electron chi connectivity index (χ0n) is 13.9. The lowest BCUT2D eigenvalue weighted by atomic mass is 10.0. The minimum atomic E-state index is -2.49. The molecule has 0 heterocycles. The number of aliphatic hydroxyl groups is 3. The number of ether oxygens (including phenoxy) is 2. The van der Waals surface area contributed by atoms with Gasteiger partial charge in [-0.05, 0) is 23.8 Å². The van der Waals surface area contributed by atoms with Crippen LogP contribution < -0.4 is 4.74 Å². The van der Waals surface area contributed by atoms with Crippen molar-refractivity contribution in [3.05, 3.63) is 29.8 Å². The van der Waals surface area contributed by atoms with E-state index in [-0.39, 0.29) is 11.5 Å². The zero-order chi connectivity index (χ0) is 20.7. The van der Waals surface area contributed by atoms with E-state index >= 15 is 0 Å². The number of carboxylic acid groups (broad SMARTS) is 2. The molecule has 4 atom stereocenters. The number of methoxy groups -OCH3 is 1. The van der Waals surface area contributed by atoms with Crippen LogP contribution in [0.2, 0.25) is 0 Å². The maximum Gasteiger partial charge on any atom is 0.347 e. The Kier molecular flexibility index (Phi) is 7.72. The molecule has 0 fully saturated rings. The Morgan fingerprint density at radius 3 is 2.19 bits per heavy atom. The molecule has 0 unspecified atom stereocenters. The summed E-state index contributed by atoms with van der Waals surface area (Å²) in [5.41, 5.74) is 0.385. The first-order valence-corrected chi connectivity index (χ1v) is 7.34. The highest BCUT2D eigenvalue weighted by Gasteiger charge is 2.40. The predicted molar refractivity (Wildman–Crippen MR) is 86.9 cm³/mol. The minimum Gasteiger partial charge on any atom is -0.504 e. The summed E-state index contributed by atoms with van der Waals surface area (Å²) in [7, 11) is 1.31. The lowest BCUT2D eigenvalue weighted by molar-refractivity contribution is -0.182. The maximum absolute atomic E-state index is 11.8. The van der Waals surface area contributed by atoms with Crippen LogP contribution in [0.5, 0.6) is 11.5 Å². The Bertz CT molecular complexity index is 727. The number of esters is 1. The third-order valence-corrected chi connectivity index (χ3v) is 3.34. The second kappa shape index (κ2) is 9.52. The van der Waals surface area contributed by atoms with Crippen LogP contribution in [-0.2, 0) is 19.1 Å². The van der Waals surface area contributed by atoms with Gasteiger partial charge in [0.25, 0.3) is 0 Å². The second-order valence-corrected chi connectivity index (χ2v) is 5.22. The van der Waals surface area contributed by atoms with E-state index in [1.54, 1.807) is 0 Å². The molecule has 0 aliphatic heterocycles. The number of phenolic OH excluding ortho intramolecular Hbond substituents is 1. The number of carboxylic acids is 2. The zero-order valence-corrected chi connectivity index (χ0v) is 13.9. The van der Waals surface area contributed by atoms with Gasteiger partial charge in [-0.25, -0.2) is 14.4 Å². The highest BCUT2D eigenvalue weighted by atomic mass is 16.6. The van der Waals surface area contributed by atoms with Crippen LogP contribution in [0, 0.1) is 0 Å². The molecule has 0 spiro atoms. The monoisotopic (exact) mass is 386 g/mol. The molecule has 1 aromatic rings. The number of benzene rings is 1. The van der Waals surface area contributed by atoms with Crippen LogP contribution in [0.3, 0.4) is 0 Å². The summed E-state index contributed by atoms with van der Waals surface area (Å²) in [5, 5.41) is 55.4. The van der Waals surface area contributed by atoms with Crippen LogP contribution in [0.15, 0.2) is 24.3 Å². The van der Waals surface area contributed by atoms with Crippen LogP contribution in [0.4, 0.5) is 0 Å². The molecule has 0 radical (unpaired) electrons. The van der Waals surface area contributed by atoms with Gasteiger partial charge in [0.1, 0.15) is 12.2 Å². The van der Waals surface area contributed by atoms with Crippen molar-refractivity contribution in [3.8, 4) is 11.5 Å². The van der Waals surface area contributed by atoms with Crippen LogP contribution in [0.25, 0.3) is 6.08 Å². The van der Waals surface area contributed by atoms with Crippen molar-refractivity contribution in [2.75, 3.05) is 7.11 Å². The number of aliphatic hydroxyl groups excluding tert-OH is 3. The molecule has 148 valence electrons. The standard InChI is InChI=1S/C16H18O11/c1-26-9-6-7(2-4-8(9)17)3-5-10(18)27-14(16(24)25)12(20)11(19)13(21)15(22)23/h2-6,11-14,17,19-21H,1H3,(H,22,23)(H,24,25)/t11-,12+,13+,14-/m1/s1. The van der Waals surface area contributed by atoms with Crippen molar-refractivity contribution in [3.63, 3.8) is 0 Å². The van der Waals surface area contributed by atoms with Gasteiger partial charge in [0.2, 0.25) is 6.10 Å². The fraction of sp³-hybridized carbons (Fsp3) is 0.312. The van der Waals surface area contributed by atoms with Gasteiger partial charge >= 0.3 is 17.9 Å². The SMILES string of the molecule is COc1cc(C=CC(=O)O[C@@H](C(=O)O)[C@@H](O)[C@@H](O)[C@H](O)C(=O)O)ccc1O. The van der Waals surface area contributed by atoms with Crippen LogP contribution in [-0.4, -0.2) is 80.1 Å². The third-order valence-electron chi connectivity index (χ3n) is 3.34. The molecule has 1 aromatic carbocycles. The van der Waals surface area contributed by atoms with E-state index in [2.05, 4.69) is 4.74 Å². The fourth-order valence-corrected chi connectivity index (χ4v) is 1.90. The molecule has 27 heavy (non-hydrogen) atoms. The number of phenols is 1. The first-order valence-electron chi connectivity index (χ1n) is 7.34. The Morgan fingerprint density at radius 2 is 1.67 bits per heavy atom. The highest BCUT2D eigenvalue weighted by molar-refractivity contribution is 5.89. The summed E-state index contributed by atoms with van der Waals surface area (Å²) in [4.78, 5) is 33.5. The summed E-state index contributed by atoms with van der Waals surface area (Å²) < 4.78 is 9.38. The summed E-state index contributed by atoms with van der Waals surface area (Å²) in [6.45, 7) is 0. The lowest BCUT2D eigenvalue weighted by Crippen LogP contribution is -2.51. The largest absolute Gasteiger partial charge is 0.504 e. The molecule has 1 rings (SSSR count). The van der Waals surface area contributed by atoms with Crippen LogP contribution >= 0.6 is 0 Å². The molecule has 11 heteroatoms. The van der Waals surface area contributed by atoms with E-state index in [4.69, 9.17) is 20.1 Å². The van der Waals surface area contributed by atoms with Gasteiger partial charge in [0.15, 0.2) is 17.6 Å². The first kappa shape index (κ1) is 21.9. The highest BCUT2D eigenvalue weighted by Crippen LogP contribution is 2.26. The maximum atomic E-state index is 11.8. The van der Waals surface area contributed by atoms with E-state index in [0.717, 1.165) is 6.08 Å². The Labute approximate surface area is 152 Å². The van der Waals surface area contributed by atoms with E-state index in [1.807, 2.05) is 0 Å². The van der Waals surface area contributed by atoms with E-state index < -0.39 is 42.3 Å². The van der Waals surface area contributed by atoms with Crippen molar-refractivity contribution in [1.82, 2.24) is 0 Å². The van der Waals surface area contributed by atoms with Gasteiger partial charge in [-0.15, -0.1) is 0 Å². The van der Waals surface area contributed by atoms with Gasteiger partial charge in [0.05, 0.1) is 7.11 Å². The average Bonchev–Trinajstić information content (AvgIpc) is 2.63. The molecule has 0 bridgehead atoms. The molecule has 0 aromatic heterocycles. The predicted octanol–water partition coefficient (Wildman–Crippen LogP) is -1.42. The summed E-state index contributed by atoms with van der Waals surface area (Å²) in [6, 6.07) is 4.07. The van der Waals surface area contributed by atoms with Crippen molar-refractivity contribution >= 4 is 24.0 Å². The molecule has 0 amide bonds. The molecule has 6 N–H and O–H groups in total. The molecule has 0 saturated carbocycles. The topological polar surface area (TPSA) is 191 Å². The first-order chi connectivity index (χ1) is 12.6. The van der Waals surface area contributed by atoms with Gasteiger partial charge in [-0.3, -0.25) is 0 Å². The molecular weight excluding hydrogens is 368 g/mol. The van der Waals surface area contributed by atoms with Gasteiger partial charge in [-0.1, -0.05) is 6.07 Å². The smallest absolute Gasteiger partial charge is 0.347 e. The van der Waals surface area contributed by atoms with Crippen LogP contribution in [0.1, 0.15) is 5.56 Å². The molecule has 0 aliphatic rings. The second-order valence-electron chi connectivity index (χ2n) is 5.22. The normalized spacial score (nSPS) is 15.6. The number of carbonyl (C=O) groups is 3. The van der Waals surface area contributed by atoms with Crippen molar-refractivity contribution in [2.24, 2.45) is 0 Å². The Hall–Kier alpha value is -3.15. The number of hydrogen-bond acceptors (Lipinski definition) is 9. The average molecular weight is 386 g/mol. The Morgan fingerprint density at radius 1 is 1.04 bits per heavy atom. The molecular formula is C16H18O11. The third kappa shape index (κ3) is 5.95. The number of hydrogen-bond donors (Lipinski definition) is 6. The summed E-state index contributed by atoms with van der Waals surface area (Å²) >= 11 is 0. The number of rotatable bonds is 9. The van der Waals surface area contributed by atoms with Crippen molar-refractivity contribution in [2.45, 2.75) is 24.4 Å². The summed E-state index contributed by atoms with van der Waals surface area (Å²) in [6.07, 6.45) is -7.64. The van der Waals surface area contributed by atoms with Crippen molar-refractivity contribution in [1.29, 1.82) is 0 Å². The molecule has 11 nitrogen and oxygen atoms in total. The number of aliphatic carboxylic acids is 2. The molecule has 0 saturated heterocycles. The van der Waals surface area contributed by atoms with Gasteiger partial charge in [0, 0.05) is 6.08 Å². The van der Waals surface area contributed by atoms with E-state index in [9.17, 15) is 29.7 Å². The number of carbonyl (C=O) groups excluding carboxylic acids is 1. The van der Waals surface area contributed by atoms with E-state index in [1.165, 1.54) is 31.4 Å². The lowest BCUT2D eigenvalue weighted by Gasteiger charge is -2.24. The molecule has 0 aliphatic carbocycles. The van der Waals surface area contributed by atoms with Gasteiger partial charge in [-0.2, -0.15) is 0 Å².